The maximum atomic E-state index is 10.8. The SMILES string of the molecule is CCCC/C=C\CCc1cc(O)c2c(c1)OC(C)(C)[C@@H]1CC=C(C)C[C@@H]21. The molecule has 3 rings (SSSR count). The Bertz CT molecular complexity index is 696. The number of unbranched alkanes of at least 4 members (excludes halogenated alkanes) is 2. The van der Waals surface area contributed by atoms with E-state index in [1.807, 2.05) is 6.07 Å². The number of phenolic OH excluding ortho intramolecular Hbond substituents is 1. The van der Waals surface area contributed by atoms with E-state index in [1.165, 1.54) is 30.4 Å². The van der Waals surface area contributed by atoms with Gasteiger partial charge in [0.05, 0.1) is 0 Å². The van der Waals surface area contributed by atoms with Gasteiger partial charge in [-0.3, -0.25) is 0 Å². The lowest BCUT2D eigenvalue weighted by molar-refractivity contribution is 0.00753. The fourth-order valence-corrected chi connectivity index (χ4v) is 4.57. The second-order valence-electron chi connectivity index (χ2n) is 8.59. The molecular weight excluding hydrogens is 320 g/mol. The molecule has 2 atom stereocenters. The van der Waals surface area contributed by atoms with Crippen LogP contribution >= 0.6 is 0 Å². The minimum atomic E-state index is -0.194. The van der Waals surface area contributed by atoms with E-state index in [0.717, 1.165) is 37.0 Å². The first-order chi connectivity index (χ1) is 12.4. The van der Waals surface area contributed by atoms with Crippen molar-refractivity contribution in [3.8, 4) is 11.5 Å². The molecule has 1 N–H and O–H groups in total. The van der Waals surface area contributed by atoms with Crippen molar-refractivity contribution in [3.05, 3.63) is 47.1 Å². The Labute approximate surface area is 159 Å². The van der Waals surface area contributed by atoms with Crippen LogP contribution in [0.1, 0.15) is 83.3 Å². The molecule has 1 heterocycles. The van der Waals surface area contributed by atoms with Crippen LogP contribution in [0, 0.1) is 5.92 Å². The Morgan fingerprint density at radius 2 is 2.00 bits per heavy atom. The fourth-order valence-electron chi connectivity index (χ4n) is 4.57. The second kappa shape index (κ2) is 7.90. The van der Waals surface area contributed by atoms with Crippen LogP contribution in [0.2, 0.25) is 0 Å². The van der Waals surface area contributed by atoms with Gasteiger partial charge in [0.2, 0.25) is 0 Å². The highest BCUT2D eigenvalue weighted by Gasteiger charge is 2.45. The van der Waals surface area contributed by atoms with E-state index in [-0.39, 0.29) is 5.60 Å². The third kappa shape index (κ3) is 4.00. The van der Waals surface area contributed by atoms with E-state index in [2.05, 4.69) is 52.0 Å². The number of aromatic hydroxyl groups is 1. The number of ether oxygens (including phenoxy) is 1. The smallest absolute Gasteiger partial charge is 0.127 e. The summed E-state index contributed by atoms with van der Waals surface area (Å²) in [5.74, 6) is 2.11. The molecule has 1 aromatic carbocycles. The van der Waals surface area contributed by atoms with Crippen LogP contribution in [0.5, 0.6) is 11.5 Å². The molecule has 0 bridgehead atoms. The largest absolute Gasteiger partial charge is 0.508 e. The molecule has 0 radical (unpaired) electrons. The lowest BCUT2D eigenvalue weighted by Crippen LogP contribution is -2.45. The number of allylic oxidation sites excluding steroid dienone is 4. The predicted molar refractivity (Wildman–Crippen MR) is 109 cm³/mol. The number of hydrogen-bond donors (Lipinski definition) is 1. The molecule has 0 spiro atoms. The first kappa shape index (κ1) is 19.1. The van der Waals surface area contributed by atoms with Gasteiger partial charge in [-0.05, 0) is 70.6 Å². The van der Waals surface area contributed by atoms with Gasteiger partial charge >= 0.3 is 0 Å². The van der Waals surface area contributed by atoms with Crippen molar-refractivity contribution in [2.75, 3.05) is 0 Å². The Hall–Kier alpha value is -1.70. The summed E-state index contributed by atoms with van der Waals surface area (Å²) in [6, 6.07) is 4.13. The highest BCUT2D eigenvalue weighted by atomic mass is 16.5. The zero-order valence-corrected chi connectivity index (χ0v) is 16.8. The van der Waals surface area contributed by atoms with Gasteiger partial charge in [-0.15, -0.1) is 0 Å². The zero-order chi connectivity index (χ0) is 18.7. The average molecular weight is 355 g/mol. The molecule has 0 unspecified atom stereocenters. The number of hydrogen-bond acceptors (Lipinski definition) is 2. The lowest BCUT2D eigenvalue weighted by Gasteiger charge is -2.47. The van der Waals surface area contributed by atoms with Gasteiger partial charge in [0.1, 0.15) is 17.1 Å². The van der Waals surface area contributed by atoms with Crippen molar-refractivity contribution in [3.63, 3.8) is 0 Å². The summed E-state index contributed by atoms with van der Waals surface area (Å²) in [4.78, 5) is 0. The highest BCUT2D eigenvalue weighted by molar-refractivity contribution is 5.52. The summed E-state index contributed by atoms with van der Waals surface area (Å²) in [6.45, 7) is 8.82. The van der Waals surface area contributed by atoms with Crippen molar-refractivity contribution in [2.45, 2.75) is 84.2 Å². The molecular formula is C24H34O2. The Kier molecular flexibility index (Phi) is 5.79. The van der Waals surface area contributed by atoms with Crippen LogP contribution in [-0.2, 0) is 6.42 Å². The van der Waals surface area contributed by atoms with Crippen molar-refractivity contribution < 1.29 is 9.84 Å². The standard InChI is InChI=1S/C24H34O2/c1-5-6-7-8-9-10-11-18-15-21(25)23-19-14-17(2)12-13-20(19)24(3,4)26-22(23)16-18/h8-9,12,15-16,19-20,25H,5-7,10-11,13-14H2,1-4H3/b9-8-/t19-,20-/m1/s1. The van der Waals surface area contributed by atoms with E-state index >= 15 is 0 Å². The molecule has 0 saturated carbocycles. The maximum Gasteiger partial charge on any atom is 0.127 e. The fraction of sp³-hybridized carbons (Fsp3) is 0.583. The van der Waals surface area contributed by atoms with Crippen LogP contribution in [-0.4, -0.2) is 10.7 Å². The maximum absolute atomic E-state index is 10.8. The van der Waals surface area contributed by atoms with Gasteiger partial charge < -0.3 is 9.84 Å². The number of benzene rings is 1. The molecule has 0 saturated heterocycles. The Morgan fingerprint density at radius 3 is 2.77 bits per heavy atom. The Balaban J connectivity index is 1.80. The molecule has 0 amide bonds. The highest BCUT2D eigenvalue weighted by Crippen LogP contribution is 2.54. The Morgan fingerprint density at radius 1 is 1.23 bits per heavy atom. The van der Waals surface area contributed by atoms with Crippen molar-refractivity contribution in [2.24, 2.45) is 5.92 Å². The molecule has 2 aliphatic rings. The number of aryl methyl sites for hydroxylation is 1. The lowest BCUT2D eigenvalue weighted by atomic mass is 9.67. The molecule has 1 aromatic rings. The van der Waals surface area contributed by atoms with Crippen LogP contribution in [0.15, 0.2) is 35.9 Å². The van der Waals surface area contributed by atoms with Gasteiger partial charge in [0.25, 0.3) is 0 Å². The second-order valence-corrected chi connectivity index (χ2v) is 8.59. The molecule has 26 heavy (non-hydrogen) atoms. The average Bonchev–Trinajstić information content (AvgIpc) is 2.56. The minimum Gasteiger partial charge on any atom is -0.508 e. The molecule has 142 valence electrons. The third-order valence-electron chi connectivity index (χ3n) is 6.06. The van der Waals surface area contributed by atoms with E-state index < -0.39 is 0 Å². The molecule has 1 aliphatic carbocycles. The number of phenols is 1. The van der Waals surface area contributed by atoms with Crippen LogP contribution in [0.4, 0.5) is 0 Å². The van der Waals surface area contributed by atoms with E-state index in [1.54, 1.807) is 0 Å². The number of fused-ring (bicyclic) bond motifs is 3. The van der Waals surface area contributed by atoms with Crippen LogP contribution in [0.25, 0.3) is 0 Å². The quantitative estimate of drug-likeness (QED) is 0.456. The van der Waals surface area contributed by atoms with E-state index in [4.69, 9.17) is 4.74 Å². The molecule has 0 fully saturated rings. The molecule has 2 heteroatoms. The summed E-state index contributed by atoms with van der Waals surface area (Å²) in [5.41, 5.74) is 3.43. The zero-order valence-electron chi connectivity index (χ0n) is 16.8. The van der Waals surface area contributed by atoms with E-state index in [0.29, 0.717) is 17.6 Å². The number of rotatable bonds is 6. The first-order valence-electron chi connectivity index (χ1n) is 10.3. The van der Waals surface area contributed by atoms with Gasteiger partial charge in [-0.2, -0.15) is 0 Å². The van der Waals surface area contributed by atoms with Crippen LogP contribution in [0.3, 0.4) is 0 Å². The van der Waals surface area contributed by atoms with Crippen molar-refractivity contribution in [1.29, 1.82) is 0 Å². The monoisotopic (exact) mass is 354 g/mol. The third-order valence-corrected chi connectivity index (χ3v) is 6.06. The van der Waals surface area contributed by atoms with Crippen LogP contribution < -0.4 is 4.74 Å². The molecule has 1 aliphatic heterocycles. The molecule has 0 aromatic heterocycles. The topological polar surface area (TPSA) is 29.5 Å². The summed E-state index contributed by atoms with van der Waals surface area (Å²) >= 11 is 0. The first-order valence-corrected chi connectivity index (χ1v) is 10.3. The van der Waals surface area contributed by atoms with Gasteiger partial charge in [-0.25, -0.2) is 0 Å². The predicted octanol–water partition coefficient (Wildman–Crippen LogP) is 6.68. The summed E-state index contributed by atoms with van der Waals surface area (Å²) in [7, 11) is 0. The summed E-state index contributed by atoms with van der Waals surface area (Å²) in [6.07, 6.45) is 14.6. The summed E-state index contributed by atoms with van der Waals surface area (Å²) < 4.78 is 6.40. The van der Waals surface area contributed by atoms with E-state index in [9.17, 15) is 5.11 Å². The van der Waals surface area contributed by atoms with Crippen molar-refractivity contribution in [1.82, 2.24) is 0 Å². The van der Waals surface area contributed by atoms with Gasteiger partial charge in [-0.1, -0.05) is 43.6 Å². The van der Waals surface area contributed by atoms with Gasteiger partial charge in [0.15, 0.2) is 0 Å². The van der Waals surface area contributed by atoms with Gasteiger partial charge in [0, 0.05) is 17.4 Å². The normalized spacial score (nSPS) is 23.9. The van der Waals surface area contributed by atoms with Crippen molar-refractivity contribution >= 4 is 0 Å². The minimum absolute atomic E-state index is 0.194. The summed E-state index contributed by atoms with van der Waals surface area (Å²) in [5, 5.41) is 10.8. The molecule has 2 nitrogen and oxygen atoms in total.